The highest BCUT2D eigenvalue weighted by Crippen LogP contribution is 2.33. The van der Waals surface area contributed by atoms with Crippen molar-refractivity contribution in [3.05, 3.63) is 41.1 Å². The van der Waals surface area contributed by atoms with Crippen molar-refractivity contribution >= 4 is 17.5 Å². The second-order valence-corrected chi connectivity index (χ2v) is 5.11. The maximum Gasteiger partial charge on any atom is 0.222 e. The molecule has 0 radical (unpaired) electrons. The van der Waals surface area contributed by atoms with Crippen LogP contribution in [0.1, 0.15) is 23.2 Å². The number of benzene rings is 1. The van der Waals surface area contributed by atoms with Gasteiger partial charge in [-0.05, 0) is 38.3 Å². The Bertz CT molecular complexity index is 601. The Morgan fingerprint density at radius 3 is 2.79 bits per heavy atom. The van der Waals surface area contributed by atoms with Gasteiger partial charge in [-0.15, -0.1) is 0 Å². The summed E-state index contributed by atoms with van der Waals surface area (Å²) in [6.07, 6.45) is 2.27. The standard InChI is InChI=1S/C15H18N4/c1-10-5-6-13-12(8-10)4-3-7-19(13)14-9-11(2)17-15(16)18-14/h5-6,8-9H,3-4,7H2,1-2H3,(H2,16,17,18). The lowest BCUT2D eigenvalue weighted by atomic mass is 9.99. The van der Waals surface area contributed by atoms with Gasteiger partial charge >= 0.3 is 0 Å². The summed E-state index contributed by atoms with van der Waals surface area (Å²) in [5.74, 6) is 1.24. The molecule has 1 aliphatic rings. The lowest BCUT2D eigenvalue weighted by Crippen LogP contribution is -2.25. The van der Waals surface area contributed by atoms with Crippen LogP contribution in [-0.4, -0.2) is 16.5 Å². The largest absolute Gasteiger partial charge is 0.368 e. The number of nitrogens with zero attached hydrogens (tertiary/aromatic N) is 3. The van der Waals surface area contributed by atoms with Gasteiger partial charge in [-0.25, -0.2) is 4.98 Å². The van der Waals surface area contributed by atoms with Crippen molar-refractivity contribution in [3.63, 3.8) is 0 Å². The smallest absolute Gasteiger partial charge is 0.222 e. The zero-order valence-corrected chi connectivity index (χ0v) is 11.3. The second-order valence-electron chi connectivity index (χ2n) is 5.11. The molecule has 2 N–H and O–H groups in total. The molecule has 98 valence electrons. The summed E-state index contributed by atoms with van der Waals surface area (Å²) in [4.78, 5) is 10.8. The molecular weight excluding hydrogens is 236 g/mol. The highest BCUT2D eigenvalue weighted by Gasteiger charge is 2.19. The molecule has 2 heterocycles. The van der Waals surface area contributed by atoms with Crippen LogP contribution in [0.15, 0.2) is 24.3 Å². The first-order valence-corrected chi connectivity index (χ1v) is 6.62. The number of fused-ring (bicyclic) bond motifs is 1. The molecule has 0 saturated heterocycles. The molecule has 0 spiro atoms. The van der Waals surface area contributed by atoms with Crippen LogP contribution in [0.5, 0.6) is 0 Å². The third-order valence-electron chi connectivity index (χ3n) is 3.49. The molecule has 3 rings (SSSR count). The lowest BCUT2D eigenvalue weighted by molar-refractivity contribution is 0.757. The predicted molar refractivity (Wildman–Crippen MR) is 77.7 cm³/mol. The summed E-state index contributed by atoms with van der Waals surface area (Å²) >= 11 is 0. The van der Waals surface area contributed by atoms with Crippen molar-refractivity contribution in [2.24, 2.45) is 0 Å². The highest BCUT2D eigenvalue weighted by molar-refractivity contribution is 5.66. The summed E-state index contributed by atoms with van der Waals surface area (Å²) in [6.45, 7) is 5.06. The predicted octanol–water partition coefficient (Wildman–Crippen LogP) is 2.76. The van der Waals surface area contributed by atoms with E-state index in [1.807, 2.05) is 13.0 Å². The molecule has 1 aliphatic heterocycles. The minimum absolute atomic E-state index is 0.342. The average Bonchev–Trinajstić information content (AvgIpc) is 2.36. The van der Waals surface area contributed by atoms with E-state index in [-0.39, 0.29) is 0 Å². The highest BCUT2D eigenvalue weighted by atomic mass is 15.2. The summed E-state index contributed by atoms with van der Waals surface area (Å²) in [5.41, 5.74) is 10.6. The molecule has 0 amide bonds. The molecule has 0 fully saturated rings. The van der Waals surface area contributed by atoms with Crippen LogP contribution in [0.3, 0.4) is 0 Å². The second kappa shape index (κ2) is 4.53. The number of aromatic nitrogens is 2. The molecule has 19 heavy (non-hydrogen) atoms. The van der Waals surface area contributed by atoms with E-state index in [9.17, 15) is 0 Å². The zero-order chi connectivity index (χ0) is 13.4. The number of nitrogen functional groups attached to an aromatic ring is 1. The van der Waals surface area contributed by atoms with Crippen molar-refractivity contribution in [3.8, 4) is 0 Å². The van der Waals surface area contributed by atoms with Crippen LogP contribution in [0.2, 0.25) is 0 Å². The summed E-state index contributed by atoms with van der Waals surface area (Å²) < 4.78 is 0. The first-order chi connectivity index (χ1) is 9.13. The molecule has 2 aromatic rings. The maximum absolute atomic E-state index is 5.76. The number of hydrogen-bond acceptors (Lipinski definition) is 4. The van der Waals surface area contributed by atoms with Crippen molar-refractivity contribution in [2.75, 3.05) is 17.2 Å². The third-order valence-corrected chi connectivity index (χ3v) is 3.49. The SMILES string of the molecule is Cc1ccc2c(c1)CCCN2c1cc(C)nc(N)n1. The van der Waals surface area contributed by atoms with Crippen LogP contribution >= 0.6 is 0 Å². The van der Waals surface area contributed by atoms with E-state index in [1.165, 1.54) is 16.8 Å². The molecule has 0 atom stereocenters. The van der Waals surface area contributed by atoms with Gasteiger partial charge < -0.3 is 10.6 Å². The molecule has 1 aromatic heterocycles. The molecule has 0 saturated carbocycles. The Morgan fingerprint density at radius 2 is 2.00 bits per heavy atom. The van der Waals surface area contributed by atoms with E-state index < -0.39 is 0 Å². The van der Waals surface area contributed by atoms with Gasteiger partial charge in [0.05, 0.1) is 0 Å². The monoisotopic (exact) mass is 254 g/mol. The molecule has 4 heteroatoms. The minimum Gasteiger partial charge on any atom is -0.368 e. The topological polar surface area (TPSA) is 55.0 Å². The summed E-state index contributed by atoms with van der Waals surface area (Å²) in [5, 5.41) is 0. The summed E-state index contributed by atoms with van der Waals surface area (Å²) in [7, 11) is 0. The van der Waals surface area contributed by atoms with Gasteiger partial charge in [0.25, 0.3) is 0 Å². The van der Waals surface area contributed by atoms with Gasteiger partial charge in [-0.3, -0.25) is 0 Å². The fourth-order valence-electron chi connectivity index (χ4n) is 2.68. The van der Waals surface area contributed by atoms with Crippen molar-refractivity contribution in [2.45, 2.75) is 26.7 Å². The Morgan fingerprint density at radius 1 is 1.16 bits per heavy atom. The van der Waals surface area contributed by atoms with E-state index in [2.05, 4.69) is 40.0 Å². The van der Waals surface area contributed by atoms with Crippen molar-refractivity contribution < 1.29 is 0 Å². The van der Waals surface area contributed by atoms with Crippen LogP contribution in [0.4, 0.5) is 17.5 Å². The maximum atomic E-state index is 5.76. The zero-order valence-electron chi connectivity index (χ0n) is 11.3. The lowest BCUT2D eigenvalue weighted by Gasteiger charge is -2.30. The summed E-state index contributed by atoms with van der Waals surface area (Å²) in [6, 6.07) is 8.58. The van der Waals surface area contributed by atoms with Crippen molar-refractivity contribution in [1.29, 1.82) is 0 Å². The Hall–Kier alpha value is -2.10. The number of hydrogen-bond donors (Lipinski definition) is 1. The Balaban J connectivity index is 2.08. The molecule has 0 aliphatic carbocycles. The van der Waals surface area contributed by atoms with E-state index in [0.29, 0.717) is 5.95 Å². The first-order valence-electron chi connectivity index (χ1n) is 6.62. The van der Waals surface area contributed by atoms with Gasteiger partial charge in [0.1, 0.15) is 5.82 Å². The Labute approximate surface area is 113 Å². The van der Waals surface area contributed by atoms with Gasteiger partial charge in [0.2, 0.25) is 5.95 Å². The number of anilines is 3. The van der Waals surface area contributed by atoms with Gasteiger partial charge in [0.15, 0.2) is 0 Å². The Kier molecular flexibility index (Phi) is 2.85. The quantitative estimate of drug-likeness (QED) is 0.850. The normalized spacial score (nSPS) is 14.3. The van der Waals surface area contributed by atoms with Crippen LogP contribution < -0.4 is 10.6 Å². The van der Waals surface area contributed by atoms with Crippen molar-refractivity contribution in [1.82, 2.24) is 9.97 Å². The first kappa shape index (κ1) is 12.0. The van der Waals surface area contributed by atoms with Crippen LogP contribution in [-0.2, 0) is 6.42 Å². The number of rotatable bonds is 1. The van der Waals surface area contributed by atoms with Gasteiger partial charge in [-0.2, -0.15) is 4.98 Å². The minimum atomic E-state index is 0.342. The fraction of sp³-hybridized carbons (Fsp3) is 0.333. The molecule has 4 nitrogen and oxygen atoms in total. The van der Waals surface area contributed by atoms with E-state index in [0.717, 1.165) is 30.9 Å². The number of nitrogens with two attached hydrogens (primary N) is 1. The molecular formula is C15H18N4. The van der Waals surface area contributed by atoms with E-state index in [1.54, 1.807) is 0 Å². The molecule has 0 bridgehead atoms. The molecule has 1 aromatic carbocycles. The van der Waals surface area contributed by atoms with E-state index >= 15 is 0 Å². The van der Waals surface area contributed by atoms with Crippen LogP contribution in [0.25, 0.3) is 0 Å². The van der Waals surface area contributed by atoms with Gasteiger partial charge in [0, 0.05) is 24.0 Å². The van der Waals surface area contributed by atoms with Crippen LogP contribution in [0, 0.1) is 13.8 Å². The average molecular weight is 254 g/mol. The fourth-order valence-corrected chi connectivity index (χ4v) is 2.68. The molecule has 0 unspecified atom stereocenters. The third kappa shape index (κ3) is 2.26. The van der Waals surface area contributed by atoms with Gasteiger partial charge in [-0.1, -0.05) is 17.7 Å². The van der Waals surface area contributed by atoms with E-state index in [4.69, 9.17) is 5.73 Å². The number of aryl methyl sites for hydroxylation is 3.